The molecule has 0 radical (unpaired) electrons. The number of nitrogens with zero attached hydrogens (tertiary/aromatic N) is 1. The molecule has 0 rings (SSSR count). The molecule has 0 aromatic heterocycles. The molecule has 0 fully saturated rings. The van der Waals surface area contributed by atoms with E-state index in [1.54, 1.807) is 0 Å². The quantitative estimate of drug-likeness (QED) is 0.715. The molecule has 14 heavy (non-hydrogen) atoms. The third-order valence-corrected chi connectivity index (χ3v) is 4.56. The van der Waals surface area contributed by atoms with Gasteiger partial charge in [-0.2, -0.15) is 0 Å². The van der Waals surface area contributed by atoms with Crippen LogP contribution in [0.25, 0.3) is 0 Å². The van der Waals surface area contributed by atoms with E-state index in [0.29, 0.717) is 11.8 Å². The van der Waals surface area contributed by atoms with Crippen molar-refractivity contribution in [3.05, 3.63) is 0 Å². The molecule has 0 aliphatic rings. The van der Waals surface area contributed by atoms with Crippen LogP contribution in [0.15, 0.2) is 4.99 Å². The van der Waals surface area contributed by atoms with Crippen molar-refractivity contribution in [3.8, 4) is 0 Å². The zero-order valence-electron chi connectivity index (χ0n) is 10.7. The van der Waals surface area contributed by atoms with E-state index in [4.69, 9.17) is 2.85 Å². The zero-order valence-corrected chi connectivity index (χ0v) is 14.0. The van der Waals surface area contributed by atoms with Gasteiger partial charge in [0.2, 0.25) is 0 Å². The minimum atomic E-state index is -1.61. The maximum atomic E-state index is 6.11. The van der Waals surface area contributed by atoms with Crippen LogP contribution < -0.4 is 0 Å². The molecule has 1 unspecified atom stereocenters. The molecule has 0 saturated carbocycles. The average Bonchev–Trinajstić information content (AvgIpc) is 2.02. The van der Waals surface area contributed by atoms with Gasteiger partial charge in [-0.3, -0.25) is 0 Å². The Morgan fingerprint density at radius 3 is 1.86 bits per heavy atom. The first kappa shape index (κ1) is 14.5. The molecule has 3 heteroatoms. The molecule has 0 bridgehead atoms. The Kier molecular flexibility index (Phi) is 7.13. The summed E-state index contributed by atoms with van der Waals surface area (Å²) in [5, 5.41) is 0. The third kappa shape index (κ3) is 4.83. The van der Waals surface area contributed by atoms with E-state index in [1.165, 1.54) is 5.71 Å². The summed E-state index contributed by atoms with van der Waals surface area (Å²) in [6.07, 6.45) is 0.260. The monoisotopic (exact) mass is 301 g/mol. The van der Waals surface area contributed by atoms with E-state index >= 15 is 0 Å². The van der Waals surface area contributed by atoms with Crippen LogP contribution in [0.3, 0.4) is 0 Å². The molecule has 0 N–H and O–H groups in total. The first-order chi connectivity index (χ1) is 6.40. The fourth-order valence-electron chi connectivity index (χ4n) is 1.58. The fraction of sp³-hybridized carbons (Fsp3) is 0.909. The molecule has 0 aromatic carbocycles. The van der Waals surface area contributed by atoms with Gasteiger partial charge < -0.3 is 0 Å². The molecular weight excluding hydrogens is 277 g/mol. The molecule has 0 aliphatic heterocycles. The van der Waals surface area contributed by atoms with Crippen LogP contribution in [0.4, 0.5) is 0 Å². The van der Waals surface area contributed by atoms with Crippen molar-refractivity contribution in [1.29, 1.82) is 0 Å². The van der Waals surface area contributed by atoms with E-state index in [-0.39, 0.29) is 6.10 Å². The molecule has 0 heterocycles. The van der Waals surface area contributed by atoms with Gasteiger partial charge >= 0.3 is 97.5 Å². The zero-order chi connectivity index (χ0) is 11.3. The number of hydrogen-bond donors (Lipinski definition) is 0. The summed E-state index contributed by atoms with van der Waals surface area (Å²) in [7, 11) is 1.88. The van der Waals surface area contributed by atoms with Crippen LogP contribution >= 0.6 is 0 Å². The topological polar surface area (TPSA) is 21.6 Å². The Balaban J connectivity index is 4.63. The van der Waals surface area contributed by atoms with Crippen molar-refractivity contribution >= 4 is 27.6 Å². The van der Waals surface area contributed by atoms with Crippen molar-refractivity contribution in [2.24, 2.45) is 16.8 Å². The van der Waals surface area contributed by atoms with Gasteiger partial charge in [-0.25, -0.2) is 0 Å². The number of rotatable bonds is 5. The van der Waals surface area contributed by atoms with Gasteiger partial charge in [0.15, 0.2) is 0 Å². The van der Waals surface area contributed by atoms with Crippen LogP contribution in [0, 0.1) is 11.8 Å². The Hall–Kier alpha value is 0.500. The normalized spacial score (nSPS) is 15.1. The first-order valence-electron chi connectivity index (χ1n) is 5.52. The van der Waals surface area contributed by atoms with E-state index in [2.05, 4.69) is 42.0 Å². The van der Waals surface area contributed by atoms with Gasteiger partial charge in [-0.05, 0) is 0 Å². The van der Waals surface area contributed by atoms with Crippen molar-refractivity contribution < 1.29 is 2.85 Å². The van der Waals surface area contributed by atoms with E-state index in [1.807, 2.05) is 7.05 Å². The molecule has 0 amide bonds. The van der Waals surface area contributed by atoms with Gasteiger partial charge in [0.25, 0.3) is 0 Å². The van der Waals surface area contributed by atoms with Crippen LogP contribution in [-0.4, -0.2) is 40.7 Å². The van der Waals surface area contributed by atoms with Crippen LogP contribution in [0.2, 0.25) is 9.36 Å². The van der Waals surface area contributed by atoms with E-state index < -0.39 is 21.9 Å². The summed E-state index contributed by atoms with van der Waals surface area (Å²) >= 11 is -1.61. The summed E-state index contributed by atoms with van der Waals surface area (Å²) in [6.45, 7) is 8.81. The number of hydrogen-bond acceptors (Lipinski definition) is 2. The van der Waals surface area contributed by atoms with Crippen LogP contribution in [0.5, 0.6) is 0 Å². The van der Waals surface area contributed by atoms with Gasteiger partial charge in [-0.1, -0.05) is 0 Å². The summed E-state index contributed by atoms with van der Waals surface area (Å²) in [4.78, 5) is 4.39. The predicted molar refractivity (Wildman–Crippen MR) is 65.4 cm³/mol. The van der Waals surface area contributed by atoms with E-state index in [0.717, 1.165) is 0 Å². The Labute approximate surface area is 97.3 Å². The Morgan fingerprint density at radius 1 is 1.14 bits per heavy atom. The van der Waals surface area contributed by atoms with Crippen LogP contribution in [0.1, 0.15) is 27.7 Å². The average molecular weight is 301 g/mol. The molecule has 0 aromatic rings. The van der Waals surface area contributed by atoms with Crippen LogP contribution in [-0.2, 0) is 2.85 Å². The molecule has 0 aliphatic carbocycles. The van der Waals surface area contributed by atoms with Gasteiger partial charge in [0, 0.05) is 0 Å². The summed E-state index contributed by atoms with van der Waals surface area (Å²) < 4.78 is 10.7. The predicted octanol–water partition coefficient (Wildman–Crippen LogP) is 3.01. The van der Waals surface area contributed by atoms with Crippen molar-refractivity contribution in [3.63, 3.8) is 0 Å². The van der Waals surface area contributed by atoms with Crippen molar-refractivity contribution in [1.82, 2.24) is 0 Å². The van der Waals surface area contributed by atoms with Gasteiger partial charge in [0.05, 0.1) is 0 Å². The molecule has 82 valence electrons. The van der Waals surface area contributed by atoms with E-state index in [9.17, 15) is 0 Å². The Bertz CT molecular complexity index is 188. The van der Waals surface area contributed by atoms with Gasteiger partial charge in [0.1, 0.15) is 0 Å². The molecule has 2 nitrogen and oxygen atoms in total. The third-order valence-electron chi connectivity index (χ3n) is 2.17. The standard InChI is InChI=1S/C9H18NO.2CH3.In/c1-6(2)8(10-5)9(11)7(3)4;;;/h6-7,9H,1-5H3;2*1H3;/q-1;;;+1. The van der Waals surface area contributed by atoms with Gasteiger partial charge in [-0.15, -0.1) is 0 Å². The molecule has 1 atom stereocenters. The fourth-order valence-corrected chi connectivity index (χ4v) is 4.54. The second kappa shape index (κ2) is 6.89. The summed E-state index contributed by atoms with van der Waals surface area (Å²) in [5.74, 6) is 1.03. The minimum absolute atomic E-state index is 0.260. The summed E-state index contributed by atoms with van der Waals surface area (Å²) in [5.41, 5.74) is 1.23. The van der Waals surface area contributed by atoms with Crippen molar-refractivity contribution in [2.75, 3.05) is 7.05 Å². The Morgan fingerprint density at radius 2 is 1.64 bits per heavy atom. The molecule has 0 spiro atoms. The second-order valence-corrected chi connectivity index (χ2v) is 11.4. The summed E-state index contributed by atoms with van der Waals surface area (Å²) in [6, 6.07) is 0. The molecular formula is C11H24InNO. The van der Waals surface area contributed by atoms with Crippen molar-refractivity contribution in [2.45, 2.75) is 43.2 Å². The number of aliphatic imine (C=N–C) groups is 1. The second-order valence-electron chi connectivity index (χ2n) is 4.65. The maximum absolute atomic E-state index is 6.11. The molecule has 0 saturated heterocycles. The first-order valence-corrected chi connectivity index (χ1v) is 13.5. The SMILES string of the molecule is CN=C(C(C)C)C([O][In]([CH3])[CH3])C(C)C.